The fraction of sp³-hybridized carbons (Fsp3) is 0.273. The minimum absolute atomic E-state index is 0.122. The summed E-state index contributed by atoms with van der Waals surface area (Å²) in [6.07, 6.45) is 2.02. The molecule has 0 aromatic carbocycles. The van der Waals surface area contributed by atoms with Gasteiger partial charge in [0.1, 0.15) is 0 Å². The molecule has 0 aliphatic carbocycles. The summed E-state index contributed by atoms with van der Waals surface area (Å²) in [5.41, 5.74) is 0.889. The molecule has 0 saturated carbocycles. The van der Waals surface area contributed by atoms with E-state index in [9.17, 15) is 9.59 Å². The number of hydrogen-bond acceptors (Lipinski definition) is 2. The Hall–Kier alpha value is -1.84. The number of aromatic carboxylic acids is 1. The van der Waals surface area contributed by atoms with E-state index in [0.717, 1.165) is 5.57 Å². The summed E-state index contributed by atoms with van der Waals surface area (Å²) in [4.78, 5) is 22.0. The van der Waals surface area contributed by atoms with Gasteiger partial charge >= 0.3 is 5.97 Å². The van der Waals surface area contributed by atoms with Crippen molar-refractivity contribution in [3.05, 3.63) is 46.4 Å². The van der Waals surface area contributed by atoms with Crippen molar-refractivity contribution in [1.82, 2.24) is 4.57 Å². The van der Waals surface area contributed by atoms with E-state index in [1.165, 1.54) is 22.9 Å². The number of aromatic nitrogens is 1. The third-order valence-electron chi connectivity index (χ3n) is 2.01. The molecule has 1 aromatic rings. The highest BCUT2D eigenvalue weighted by Crippen LogP contribution is 2.00. The van der Waals surface area contributed by atoms with Crippen LogP contribution in [0.1, 0.15) is 23.7 Å². The first-order chi connectivity index (χ1) is 7.00. The van der Waals surface area contributed by atoms with Crippen LogP contribution in [-0.4, -0.2) is 15.6 Å². The Labute approximate surface area is 87.5 Å². The molecule has 0 spiro atoms. The van der Waals surface area contributed by atoms with Crippen molar-refractivity contribution in [2.24, 2.45) is 0 Å². The fourth-order valence-electron chi connectivity index (χ4n) is 1.14. The quantitative estimate of drug-likeness (QED) is 0.761. The molecule has 1 aromatic heterocycles. The molecule has 0 amide bonds. The van der Waals surface area contributed by atoms with Gasteiger partial charge < -0.3 is 9.67 Å². The lowest BCUT2D eigenvalue weighted by atomic mass is 10.2. The maximum atomic E-state index is 11.3. The van der Waals surface area contributed by atoms with Crippen LogP contribution in [0, 0.1) is 0 Å². The third-order valence-corrected chi connectivity index (χ3v) is 2.01. The third kappa shape index (κ3) is 3.09. The van der Waals surface area contributed by atoms with E-state index in [1.54, 1.807) is 0 Å². The van der Waals surface area contributed by atoms with Gasteiger partial charge in [-0.2, -0.15) is 0 Å². The predicted octanol–water partition coefficient (Wildman–Crippen LogP) is 1.51. The lowest BCUT2D eigenvalue weighted by Crippen LogP contribution is -2.20. The number of rotatable bonds is 4. The topological polar surface area (TPSA) is 59.3 Å². The minimum atomic E-state index is -1.03. The highest BCUT2D eigenvalue weighted by atomic mass is 16.4. The zero-order chi connectivity index (χ0) is 11.4. The van der Waals surface area contributed by atoms with Gasteiger partial charge in [0, 0.05) is 18.8 Å². The van der Waals surface area contributed by atoms with Crippen LogP contribution in [0.2, 0.25) is 0 Å². The average molecular weight is 207 g/mol. The van der Waals surface area contributed by atoms with Gasteiger partial charge in [0.25, 0.3) is 5.56 Å². The molecule has 0 unspecified atom stereocenters. The zero-order valence-electron chi connectivity index (χ0n) is 8.56. The SMILES string of the molecule is C=C(C)CCn1cc(C(=O)O)ccc1=O. The maximum absolute atomic E-state index is 11.3. The smallest absolute Gasteiger partial charge is 0.337 e. The number of carboxylic acid groups (broad SMARTS) is 1. The van der Waals surface area contributed by atoms with Crippen LogP contribution in [0.15, 0.2) is 35.3 Å². The molecular formula is C11H13NO3. The summed E-state index contributed by atoms with van der Waals surface area (Å²) >= 11 is 0. The number of carbonyl (C=O) groups is 1. The summed E-state index contributed by atoms with van der Waals surface area (Å²) in [5.74, 6) is -1.03. The highest BCUT2D eigenvalue weighted by Gasteiger charge is 2.04. The second-order valence-corrected chi connectivity index (χ2v) is 3.46. The van der Waals surface area contributed by atoms with Gasteiger partial charge in [-0.1, -0.05) is 5.57 Å². The lowest BCUT2D eigenvalue weighted by Gasteiger charge is -2.05. The number of carboxylic acids is 1. The molecule has 1 N–H and O–H groups in total. The van der Waals surface area contributed by atoms with E-state index < -0.39 is 5.97 Å². The fourth-order valence-corrected chi connectivity index (χ4v) is 1.14. The van der Waals surface area contributed by atoms with Crippen LogP contribution in [-0.2, 0) is 6.54 Å². The number of nitrogens with zero attached hydrogens (tertiary/aromatic N) is 1. The zero-order valence-corrected chi connectivity index (χ0v) is 8.56. The molecular weight excluding hydrogens is 194 g/mol. The van der Waals surface area contributed by atoms with Gasteiger partial charge in [0.2, 0.25) is 0 Å². The van der Waals surface area contributed by atoms with Gasteiger partial charge in [-0.05, 0) is 19.4 Å². The minimum Gasteiger partial charge on any atom is -0.478 e. The summed E-state index contributed by atoms with van der Waals surface area (Å²) in [6.45, 7) is 6.06. The Bertz CT molecular complexity index is 445. The Morgan fingerprint density at radius 1 is 1.53 bits per heavy atom. The molecule has 0 fully saturated rings. The summed E-state index contributed by atoms with van der Waals surface area (Å²) in [7, 11) is 0. The van der Waals surface area contributed by atoms with Crippen molar-refractivity contribution in [1.29, 1.82) is 0 Å². The Balaban J connectivity index is 2.95. The molecule has 0 bridgehead atoms. The van der Waals surface area contributed by atoms with Crippen molar-refractivity contribution in [3.63, 3.8) is 0 Å². The molecule has 4 nitrogen and oxygen atoms in total. The first kappa shape index (κ1) is 11.2. The first-order valence-corrected chi connectivity index (χ1v) is 4.59. The van der Waals surface area contributed by atoms with Gasteiger partial charge in [0.15, 0.2) is 0 Å². The van der Waals surface area contributed by atoms with Gasteiger partial charge in [0.05, 0.1) is 5.56 Å². The van der Waals surface area contributed by atoms with Crippen LogP contribution in [0.5, 0.6) is 0 Å². The molecule has 0 aliphatic heterocycles. The molecule has 0 saturated heterocycles. The summed E-state index contributed by atoms with van der Waals surface area (Å²) in [5, 5.41) is 8.74. The van der Waals surface area contributed by atoms with Crippen LogP contribution >= 0.6 is 0 Å². The number of pyridine rings is 1. The average Bonchev–Trinajstić information content (AvgIpc) is 2.16. The van der Waals surface area contributed by atoms with Gasteiger partial charge in [-0.25, -0.2) is 4.79 Å². The lowest BCUT2D eigenvalue weighted by molar-refractivity contribution is 0.0696. The largest absolute Gasteiger partial charge is 0.478 e. The van der Waals surface area contributed by atoms with Crippen LogP contribution in [0.25, 0.3) is 0 Å². The molecule has 15 heavy (non-hydrogen) atoms. The van der Waals surface area contributed by atoms with E-state index in [0.29, 0.717) is 13.0 Å². The van der Waals surface area contributed by atoms with Crippen molar-refractivity contribution < 1.29 is 9.90 Å². The summed E-state index contributed by atoms with van der Waals surface area (Å²) in [6, 6.07) is 2.57. The molecule has 1 heterocycles. The normalized spacial score (nSPS) is 9.93. The van der Waals surface area contributed by atoms with Crippen molar-refractivity contribution in [3.8, 4) is 0 Å². The second kappa shape index (κ2) is 4.59. The molecule has 4 heteroatoms. The Morgan fingerprint density at radius 3 is 2.73 bits per heavy atom. The molecule has 0 radical (unpaired) electrons. The molecule has 1 rings (SSSR count). The van der Waals surface area contributed by atoms with Crippen molar-refractivity contribution in [2.45, 2.75) is 19.9 Å². The van der Waals surface area contributed by atoms with Crippen molar-refractivity contribution in [2.75, 3.05) is 0 Å². The summed E-state index contributed by atoms with van der Waals surface area (Å²) < 4.78 is 1.39. The van der Waals surface area contributed by atoms with E-state index in [4.69, 9.17) is 5.11 Å². The van der Waals surface area contributed by atoms with Gasteiger partial charge in [-0.15, -0.1) is 6.58 Å². The molecule has 80 valence electrons. The van der Waals surface area contributed by atoms with Crippen LogP contribution in [0.3, 0.4) is 0 Å². The molecule has 0 atom stereocenters. The van der Waals surface area contributed by atoms with E-state index in [1.807, 2.05) is 6.92 Å². The monoisotopic (exact) mass is 207 g/mol. The first-order valence-electron chi connectivity index (χ1n) is 4.59. The number of aryl methyl sites for hydroxylation is 1. The highest BCUT2D eigenvalue weighted by molar-refractivity contribution is 5.87. The second-order valence-electron chi connectivity index (χ2n) is 3.46. The number of hydrogen-bond donors (Lipinski definition) is 1. The maximum Gasteiger partial charge on any atom is 0.337 e. The van der Waals surface area contributed by atoms with Crippen molar-refractivity contribution >= 4 is 5.97 Å². The standard InChI is InChI=1S/C11H13NO3/c1-8(2)5-6-12-7-9(11(14)15)3-4-10(12)13/h3-4,7H,1,5-6H2,2H3,(H,14,15). The predicted molar refractivity (Wildman–Crippen MR) is 57.1 cm³/mol. The Morgan fingerprint density at radius 2 is 2.20 bits per heavy atom. The van der Waals surface area contributed by atoms with E-state index in [2.05, 4.69) is 6.58 Å². The van der Waals surface area contributed by atoms with Crippen LogP contribution < -0.4 is 5.56 Å². The van der Waals surface area contributed by atoms with E-state index >= 15 is 0 Å². The van der Waals surface area contributed by atoms with Crippen LogP contribution in [0.4, 0.5) is 0 Å². The molecule has 0 aliphatic rings. The van der Waals surface area contributed by atoms with Gasteiger partial charge in [-0.3, -0.25) is 4.79 Å². The van der Waals surface area contributed by atoms with E-state index in [-0.39, 0.29) is 11.1 Å². The number of allylic oxidation sites excluding steroid dienone is 1. The Kier molecular flexibility index (Phi) is 3.44.